The number of hydrogen-bond donors (Lipinski definition) is 1. The molecule has 0 atom stereocenters. The predicted octanol–water partition coefficient (Wildman–Crippen LogP) is 2.94. The smallest absolute Gasteiger partial charge is 0.128 e. The average Bonchev–Trinajstić information content (AvgIpc) is 2.81. The van der Waals surface area contributed by atoms with E-state index < -0.39 is 0 Å². The second kappa shape index (κ2) is 5.50. The summed E-state index contributed by atoms with van der Waals surface area (Å²) in [5, 5.41) is 3.14. The maximum atomic E-state index is 5.55. The second-order valence-corrected chi connectivity index (χ2v) is 5.24. The Kier molecular flexibility index (Phi) is 3.99. The lowest BCUT2D eigenvalue weighted by atomic mass is 10.0. The van der Waals surface area contributed by atoms with Gasteiger partial charge in [-0.15, -0.1) is 11.3 Å². The van der Waals surface area contributed by atoms with Crippen molar-refractivity contribution >= 4 is 11.3 Å². The highest BCUT2D eigenvalue weighted by Crippen LogP contribution is 2.33. The maximum absolute atomic E-state index is 5.55. The van der Waals surface area contributed by atoms with E-state index >= 15 is 0 Å². The number of thiazole rings is 1. The molecule has 0 radical (unpaired) electrons. The third-order valence-corrected chi connectivity index (χ3v) is 3.91. The Morgan fingerprint density at radius 3 is 2.67 bits per heavy atom. The lowest BCUT2D eigenvalue weighted by Gasteiger charge is -2.10. The van der Waals surface area contributed by atoms with Gasteiger partial charge in [0.25, 0.3) is 0 Å². The Labute approximate surface area is 112 Å². The van der Waals surface area contributed by atoms with Gasteiger partial charge in [0.2, 0.25) is 0 Å². The number of methoxy groups -OCH3 is 1. The molecule has 1 aromatic carbocycles. The Morgan fingerprint density at radius 2 is 2.00 bits per heavy atom. The monoisotopic (exact) mass is 262 g/mol. The van der Waals surface area contributed by atoms with Crippen LogP contribution in [0.15, 0.2) is 17.5 Å². The van der Waals surface area contributed by atoms with E-state index in [1.54, 1.807) is 18.4 Å². The Morgan fingerprint density at radius 1 is 1.28 bits per heavy atom. The summed E-state index contributed by atoms with van der Waals surface area (Å²) in [7, 11) is 1.70. The highest BCUT2D eigenvalue weighted by molar-refractivity contribution is 7.09. The fourth-order valence-corrected chi connectivity index (χ4v) is 2.65. The molecule has 18 heavy (non-hydrogen) atoms. The quantitative estimate of drug-likeness (QED) is 0.921. The first-order valence-electron chi connectivity index (χ1n) is 5.95. The van der Waals surface area contributed by atoms with Gasteiger partial charge in [-0.3, -0.25) is 0 Å². The van der Waals surface area contributed by atoms with Crippen molar-refractivity contribution in [3.8, 4) is 17.0 Å². The number of nitrogens with two attached hydrogens (primary N) is 1. The second-order valence-electron chi connectivity index (χ2n) is 4.30. The van der Waals surface area contributed by atoms with Crippen molar-refractivity contribution in [2.75, 3.05) is 13.7 Å². The number of ether oxygens (including phenoxy) is 1. The summed E-state index contributed by atoms with van der Waals surface area (Å²) in [5.41, 5.74) is 10.1. The third kappa shape index (κ3) is 2.54. The molecule has 0 unspecified atom stereocenters. The number of benzene rings is 1. The van der Waals surface area contributed by atoms with Crippen LogP contribution in [0, 0.1) is 13.8 Å². The van der Waals surface area contributed by atoms with E-state index in [0.717, 1.165) is 28.4 Å². The molecule has 2 rings (SSSR count). The van der Waals surface area contributed by atoms with E-state index in [1.807, 2.05) is 0 Å². The van der Waals surface area contributed by atoms with Crippen LogP contribution in [0.5, 0.6) is 5.75 Å². The topological polar surface area (TPSA) is 48.1 Å². The maximum Gasteiger partial charge on any atom is 0.128 e. The molecule has 0 fully saturated rings. The normalized spacial score (nSPS) is 10.7. The molecule has 0 bridgehead atoms. The van der Waals surface area contributed by atoms with Gasteiger partial charge in [0.15, 0.2) is 0 Å². The Bertz CT molecular complexity index is 549. The van der Waals surface area contributed by atoms with E-state index in [4.69, 9.17) is 10.5 Å². The van der Waals surface area contributed by atoms with E-state index in [2.05, 4.69) is 36.3 Å². The van der Waals surface area contributed by atoms with Crippen LogP contribution in [0.25, 0.3) is 11.3 Å². The highest BCUT2D eigenvalue weighted by Gasteiger charge is 2.11. The molecule has 3 nitrogen and oxygen atoms in total. The molecule has 0 amide bonds. The molecule has 96 valence electrons. The molecule has 0 saturated carbocycles. The molecular weight excluding hydrogens is 244 g/mol. The van der Waals surface area contributed by atoms with Gasteiger partial charge >= 0.3 is 0 Å². The van der Waals surface area contributed by atoms with Crippen LogP contribution in [0.4, 0.5) is 0 Å². The molecule has 0 saturated heterocycles. The zero-order chi connectivity index (χ0) is 13.1. The Balaban J connectivity index is 2.45. The summed E-state index contributed by atoms with van der Waals surface area (Å²) in [5.74, 6) is 0.877. The third-order valence-electron chi connectivity index (χ3n) is 3.00. The van der Waals surface area contributed by atoms with Crippen LogP contribution in [0.2, 0.25) is 0 Å². The first-order valence-corrected chi connectivity index (χ1v) is 6.83. The van der Waals surface area contributed by atoms with Crippen molar-refractivity contribution in [1.82, 2.24) is 4.98 Å². The summed E-state index contributed by atoms with van der Waals surface area (Å²) in [6, 6.07) is 4.20. The van der Waals surface area contributed by atoms with Crippen LogP contribution >= 0.6 is 11.3 Å². The van der Waals surface area contributed by atoms with Crippen LogP contribution < -0.4 is 10.5 Å². The molecule has 1 heterocycles. The van der Waals surface area contributed by atoms with Gasteiger partial charge < -0.3 is 10.5 Å². The summed E-state index contributed by atoms with van der Waals surface area (Å²) in [6.45, 7) is 4.82. The number of aromatic nitrogens is 1. The fraction of sp³-hybridized carbons (Fsp3) is 0.357. The molecule has 0 spiro atoms. The lowest BCUT2D eigenvalue weighted by molar-refractivity contribution is 0.416. The fourth-order valence-electron chi connectivity index (χ4n) is 1.83. The van der Waals surface area contributed by atoms with Crippen molar-refractivity contribution in [1.29, 1.82) is 0 Å². The molecule has 0 aliphatic heterocycles. The zero-order valence-corrected chi connectivity index (χ0v) is 11.8. The van der Waals surface area contributed by atoms with E-state index in [-0.39, 0.29) is 0 Å². The van der Waals surface area contributed by atoms with Crippen molar-refractivity contribution in [2.24, 2.45) is 5.73 Å². The largest absolute Gasteiger partial charge is 0.496 e. The van der Waals surface area contributed by atoms with Gasteiger partial charge in [-0.25, -0.2) is 4.98 Å². The summed E-state index contributed by atoms with van der Waals surface area (Å²) < 4.78 is 5.44. The van der Waals surface area contributed by atoms with E-state index in [0.29, 0.717) is 6.54 Å². The molecule has 0 aliphatic carbocycles. The number of nitrogens with zero attached hydrogens (tertiary/aromatic N) is 1. The SMILES string of the molecule is COc1cc(C)c(C)cc1-c1csc(CCN)n1. The van der Waals surface area contributed by atoms with E-state index in [9.17, 15) is 0 Å². The van der Waals surface area contributed by atoms with Crippen LogP contribution in [-0.2, 0) is 6.42 Å². The van der Waals surface area contributed by atoms with Gasteiger partial charge in [-0.1, -0.05) is 0 Å². The van der Waals surface area contributed by atoms with Gasteiger partial charge in [0.1, 0.15) is 5.75 Å². The van der Waals surface area contributed by atoms with Crippen LogP contribution in [0.1, 0.15) is 16.1 Å². The van der Waals surface area contributed by atoms with Gasteiger partial charge in [0.05, 0.1) is 17.8 Å². The molecule has 2 N–H and O–H groups in total. The van der Waals surface area contributed by atoms with Crippen molar-refractivity contribution in [3.05, 3.63) is 33.6 Å². The minimum atomic E-state index is 0.636. The van der Waals surface area contributed by atoms with Gasteiger partial charge in [-0.05, 0) is 43.7 Å². The van der Waals surface area contributed by atoms with Crippen molar-refractivity contribution in [2.45, 2.75) is 20.3 Å². The number of rotatable bonds is 4. The van der Waals surface area contributed by atoms with Crippen molar-refractivity contribution < 1.29 is 4.74 Å². The summed E-state index contributed by atoms with van der Waals surface area (Å²) in [4.78, 5) is 4.61. The zero-order valence-electron chi connectivity index (χ0n) is 11.0. The number of hydrogen-bond acceptors (Lipinski definition) is 4. The van der Waals surface area contributed by atoms with E-state index in [1.165, 1.54) is 11.1 Å². The van der Waals surface area contributed by atoms with Crippen LogP contribution in [-0.4, -0.2) is 18.6 Å². The first-order chi connectivity index (χ1) is 8.65. The lowest BCUT2D eigenvalue weighted by Crippen LogP contribution is -2.02. The minimum Gasteiger partial charge on any atom is -0.496 e. The predicted molar refractivity (Wildman–Crippen MR) is 76.3 cm³/mol. The summed E-state index contributed by atoms with van der Waals surface area (Å²) >= 11 is 1.65. The van der Waals surface area contributed by atoms with Crippen LogP contribution in [0.3, 0.4) is 0 Å². The molecule has 2 aromatic rings. The summed E-state index contributed by atoms with van der Waals surface area (Å²) in [6.07, 6.45) is 0.831. The Hall–Kier alpha value is -1.39. The van der Waals surface area contributed by atoms with Gasteiger partial charge in [0, 0.05) is 17.4 Å². The molecule has 1 aromatic heterocycles. The minimum absolute atomic E-state index is 0.636. The van der Waals surface area contributed by atoms with Gasteiger partial charge in [-0.2, -0.15) is 0 Å². The molecular formula is C14H18N2OS. The average molecular weight is 262 g/mol. The van der Waals surface area contributed by atoms with Crippen molar-refractivity contribution in [3.63, 3.8) is 0 Å². The molecule has 4 heteroatoms. The number of aryl methyl sites for hydroxylation is 2. The molecule has 0 aliphatic rings. The standard InChI is InChI=1S/C14H18N2OS/c1-9-6-11(13(17-3)7-10(9)2)12-8-18-14(16-12)4-5-15/h6-8H,4-5,15H2,1-3H3. The highest BCUT2D eigenvalue weighted by atomic mass is 32.1. The first kappa shape index (κ1) is 13.1.